The van der Waals surface area contributed by atoms with Crippen LogP contribution < -0.4 is 0 Å². The summed E-state index contributed by atoms with van der Waals surface area (Å²) in [5, 5.41) is 0. The first-order valence-electron chi connectivity index (χ1n) is 5.30. The van der Waals surface area contributed by atoms with Gasteiger partial charge in [0.2, 0.25) is 5.91 Å². The zero-order valence-electron chi connectivity index (χ0n) is 9.35. The molecule has 1 fully saturated rings. The third kappa shape index (κ3) is 3.64. The molecule has 1 rings (SSSR count). The number of likely N-dealkylation sites (tertiary alicyclic amines) is 1. The molecule has 0 saturated carbocycles. The molecule has 3 heteroatoms. The number of alkyl halides is 1. The van der Waals surface area contributed by atoms with E-state index in [2.05, 4.69) is 0 Å². The van der Waals surface area contributed by atoms with E-state index in [0.29, 0.717) is 32.4 Å². The lowest BCUT2D eigenvalue weighted by Gasteiger charge is -2.31. The standard InChI is InChI=1S/C11H20FNO/c1-11(2,3)8-10(14)13-6-4-9(12)5-7-13/h9H,4-8H2,1-3H3. The predicted molar refractivity (Wildman–Crippen MR) is 54.8 cm³/mol. The van der Waals surface area contributed by atoms with Gasteiger partial charge >= 0.3 is 0 Å². The summed E-state index contributed by atoms with van der Waals surface area (Å²) in [6.45, 7) is 7.33. The fourth-order valence-corrected chi connectivity index (χ4v) is 1.66. The largest absolute Gasteiger partial charge is 0.342 e. The lowest BCUT2D eigenvalue weighted by Crippen LogP contribution is -2.40. The first-order chi connectivity index (χ1) is 6.38. The molecule has 0 radical (unpaired) electrons. The van der Waals surface area contributed by atoms with Crippen molar-refractivity contribution in [2.75, 3.05) is 13.1 Å². The van der Waals surface area contributed by atoms with Gasteiger partial charge in [-0.05, 0) is 18.3 Å². The number of rotatable bonds is 1. The van der Waals surface area contributed by atoms with Gasteiger partial charge in [0.15, 0.2) is 0 Å². The monoisotopic (exact) mass is 201 g/mol. The molecule has 1 aliphatic rings. The highest BCUT2D eigenvalue weighted by Gasteiger charge is 2.25. The summed E-state index contributed by atoms with van der Waals surface area (Å²) in [4.78, 5) is 13.5. The number of piperidine rings is 1. The summed E-state index contributed by atoms with van der Waals surface area (Å²) in [6.07, 6.45) is 0.879. The molecule has 1 aliphatic heterocycles. The summed E-state index contributed by atoms with van der Waals surface area (Å²) in [7, 11) is 0. The van der Waals surface area contributed by atoms with E-state index >= 15 is 0 Å². The molecule has 1 amide bonds. The number of hydrogen-bond donors (Lipinski definition) is 0. The van der Waals surface area contributed by atoms with Crippen molar-refractivity contribution < 1.29 is 9.18 Å². The second-order valence-electron chi connectivity index (χ2n) is 5.29. The van der Waals surface area contributed by atoms with Crippen molar-refractivity contribution in [3.8, 4) is 0 Å². The van der Waals surface area contributed by atoms with Crippen LogP contribution in [0.4, 0.5) is 4.39 Å². The molecule has 0 aromatic heterocycles. The van der Waals surface area contributed by atoms with Gasteiger partial charge in [0.25, 0.3) is 0 Å². The van der Waals surface area contributed by atoms with E-state index in [1.807, 2.05) is 20.8 Å². The minimum Gasteiger partial charge on any atom is -0.342 e. The van der Waals surface area contributed by atoms with Crippen molar-refractivity contribution in [3.63, 3.8) is 0 Å². The highest BCUT2D eigenvalue weighted by atomic mass is 19.1. The van der Waals surface area contributed by atoms with Gasteiger partial charge in [-0.15, -0.1) is 0 Å². The van der Waals surface area contributed by atoms with Crippen molar-refractivity contribution >= 4 is 5.91 Å². The number of hydrogen-bond acceptors (Lipinski definition) is 1. The molecule has 14 heavy (non-hydrogen) atoms. The Morgan fingerprint density at radius 1 is 1.36 bits per heavy atom. The molecule has 0 aliphatic carbocycles. The Balaban J connectivity index is 2.38. The first-order valence-corrected chi connectivity index (χ1v) is 5.30. The van der Waals surface area contributed by atoms with Crippen LogP contribution in [0.2, 0.25) is 0 Å². The molecule has 0 aromatic carbocycles. The van der Waals surface area contributed by atoms with E-state index < -0.39 is 6.17 Å². The minimum absolute atomic E-state index is 0.0314. The Morgan fingerprint density at radius 2 is 1.86 bits per heavy atom. The molecule has 1 heterocycles. The van der Waals surface area contributed by atoms with Gasteiger partial charge in [0.05, 0.1) is 0 Å². The van der Waals surface area contributed by atoms with E-state index in [0.717, 1.165) is 0 Å². The molecular weight excluding hydrogens is 181 g/mol. The second kappa shape index (κ2) is 4.28. The molecule has 82 valence electrons. The van der Waals surface area contributed by atoms with E-state index in [4.69, 9.17) is 0 Å². The molecule has 0 N–H and O–H groups in total. The van der Waals surface area contributed by atoms with Crippen LogP contribution in [0, 0.1) is 5.41 Å². The smallest absolute Gasteiger partial charge is 0.223 e. The van der Waals surface area contributed by atoms with Gasteiger partial charge in [0, 0.05) is 19.5 Å². The Kier molecular flexibility index (Phi) is 3.51. The van der Waals surface area contributed by atoms with Gasteiger partial charge in [-0.2, -0.15) is 0 Å². The average Bonchev–Trinajstić information content (AvgIpc) is 2.02. The van der Waals surface area contributed by atoms with Gasteiger partial charge in [0.1, 0.15) is 6.17 Å². The molecule has 0 aromatic rings. The Bertz CT molecular complexity index is 202. The lowest BCUT2D eigenvalue weighted by molar-refractivity contribution is -0.134. The van der Waals surface area contributed by atoms with Crippen LogP contribution in [0.5, 0.6) is 0 Å². The second-order valence-corrected chi connectivity index (χ2v) is 5.29. The van der Waals surface area contributed by atoms with Gasteiger partial charge < -0.3 is 4.90 Å². The highest BCUT2D eigenvalue weighted by molar-refractivity contribution is 5.76. The molecule has 1 saturated heterocycles. The molecule has 0 unspecified atom stereocenters. The maximum atomic E-state index is 12.8. The van der Waals surface area contributed by atoms with Gasteiger partial charge in [-0.1, -0.05) is 20.8 Å². The molecule has 0 spiro atoms. The topological polar surface area (TPSA) is 20.3 Å². The maximum Gasteiger partial charge on any atom is 0.223 e. The first kappa shape index (κ1) is 11.5. The van der Waals surface area contributed by atoms with Gasteiger partial charge in [-0.25, -0.2) is 4.39 Å². The molecule has 0 atom stereocenters. The molecular formula is C11H20FNO. The van der Waals surface area contributed by atoms with Crippen molar-refractivity contribution in [2.24, 2.45) is 5.41 Å². The fourth-order valence-electron chi connectivity index (χ4n) is 1.66. The summed E-state index contributed by atoms with van der Waals surface area (Å²) in [5.41, 5.74) is 0.0314. The molecule has 2 nitrogen and oxygen atoms in total. The predicted octanol–water partition coefficient (Wildman–Crippen LogP) is 2.38. The zero-order valence-corrected chi connectivity index (χ0v) is 9.35. The summed E-state index contributed by atoms with van der Waals surface area (Å²) in [6, 6.07) is 0. The van der Waals surface area contributed by atoms with E-state index in [9.17, 15) is 9.18 Å². The van der Waals surface area contributed by atoms with Crippen LogP contribution in [0.25, 0.3) is 0 Å². The van der Waals surface area contributed by atoms with E-state index in [1.165, 1.54) is 0 Å². The van der Waals surface area contributed by atoms with E-state index in [1.54, 1.807) is 4.90 Å². The SMILES string of the molecule is CC(C)(C)CC(=O)N1CCC(F)CC1. The number of halogens is 1. The summed E-state index contributed by atoms with van der Waals surface area (Å²) in [5.74, 6) is 0.171. The normalized spacial score (nSPS) is 19.9. The number of amides is 1. The quantitative estimate of drug-likeness (QED) is 0.638. The van der Waals surface area contributed by atoms with Crippen LogP contribution in [-0.4, -0.2) is 30.1 Å². The van der Waals surface area contributed by atoms with Crippen LogP contribution in [0.3, 0.4) is 0 Å². The Morgan fingerprint density at radius 3 is 2.29 bits per heavy atom. The minimum atomic E-state index is -0.700. The summed E-state index contributed by atoms with van der Waals surface area (Å²) >= 11 is 0. The van der Waals surface area contributed by atoms with Crippen molar-refractivity contribution in [1.82, 2.24) is 4.90 Å². The summed E-state index contributed by atoms with van der Waals surface area (Å²) < 4.78 is 12.8. The van der Waals surface area contributed by atoms with Crippen LogP contribution in [0.15, 0.2) is 0 Å². The van der Waals surface area contributed by atoms with E-state index in [-0.39, 0.29) is 11.3 Å². The fraction of sp³-hybridized carbons (Fsp3) is 0.909. The maximum absolute atomic E-state index is 12.8. The number of carbonyl (C=O) groups excluding carboxylic acids is 1. The zero-order chi connectivity index (χ0) is 10.8. The highest BCUT2D eigenvalue weighted by Crippen LogP contribution is 2.22. The number of carbonyl (C=O) groups is 1. The molecule has 0 bridgehead atoms. The number of nitrogens with zero attached hydrogens (tertiary/aromatic N) is 1. The van der Waals surface area contributed by atoms with Crippen LogP contribution >= 0.6 is 0 Å². The lowest BCUT2D eigenvalue weighted by atomic mass is 9.91. The van der Waals surface area contributed by atoms with Crippen LogP contribution in [0.1, 0.15) is 40.0 Å². The third-order valence-electron chi connectivity index (χ3n) is 2.46. The van der Waals surface area contributed by atoms with Crippen molar-refractivity contribution in [2.45, 2.75) is 46.2 Å². The van der Waals surface area contributed by atoms with Crippen molar-refractivity contribution in [3.05, 3.63) is 0 Å². The van der Waals surface area contributed by atoms with Crippen LogP contribution in [-0.2, 0) is 4.79 Å². The van der Waals surface area contributed by atoms with Gasteiger partial charge in [-0.3, -0.25) is 4.79 Å². The Hall–Kier alpha value is -0.600. The Labute approximate surface area is 85.5 Å². The average molecular weight is 201 g/mol. The third-order valence-corrected chi connectivity index (χ3v) is 2.46. The van der Waals surface area contributed by atoms with Crippen molar-refractivity contribution in [1.29, 1.82) is 0 Å².